The molecule has 31 heavy (non-hydrogen) atoms. The molecule has 0 bridgehead atoms. The van der Waals surface area contributed by atoms with E-state index in [0.29, 0.717) is 48.6 Å². The lowest BCUT2D eigenvalue weighted by Crippen LogP contribution is -2.39. The largest absolute Gasteiger partial charge is 0.477 e. The lowest BCUT2D eigenvalue weighted by atomic mass is 10.1. The highest BCUT2D eigenvalue weighted by Crippen LogP contribution is 2.51. The summed E-state index contributed by atoms with van der Waals surface area (Å²) in [6, 6.07) is 2.09. The van der Waals surface area contributed by atoms with Crippen molar-refractivity contribution in [1.29, 1.82) is 0 Å². The van der Waals surface area contributed by atoms with Crippen molar-refractivity contribution in [2.45, 2.75) is 40.2 Å². The first-order chi connectivity index (χ1) is 14.8. The van der Waals surface area contributed by atoms with Gasteiger partial charge in [-0.2, -0.15) is 15.1 Å². The van der Waals surface area contributed by atoms with Crippen LogP contribution in [0.15, 0.2) is 18.5 Å². The van der Waals surface area contributed by atoms with E-state index in [-0.39, 0.29) is 6.10 Å². The second-order valence-electron chi connectivity index (χ2n) is 9.54. The van der Waals surface area contributed by atoms with Crippen molar-refractivity contribution >= 4 is 17.0 Å². The number of pyridine rings is 1. The molecular formula is C23H30N6O2. The predicted molar refractivity (Wildman–Crippen MR) is 118 cm³/mol. The molecule has 0 spiro atoms. The van der Waals surface area contributed by atoms with Crippen molar-refractivity contribution in [3.05, 3.63) is 35.3 Å². The summed E-state index contributed by atoms with van der Waals surface area (Å²) in [5.41, 5.74) is 4.19. The molecule has 2 atom stereocenters. The maximum Gasteiger partial charge on any atom is 0.230 e. The van der Waals surface area contributed by atoms with Crippen LogP contribution >= 0.6 is 0 Å². The van der Waals surface area contributed by atoms with Gasteiger partial charge in [-0.1, -0.05) is 13.8 Å². The van der Waals surface area contributed by atoms with Gasteiger partial charge in [0.15, 0.2) is 5.65 Å². The summed E-state index contributed by atoms with van der Waals surface area (Å²) in [4.78, 5) is 16.6. The minimum atomic E-state index is -0.0638. The quantitative estimate of drug-likeness (QED) is 0.624. The molecular weight excluding hydrogens is 392 g/mol. The zero-order valence-electron chi connectivity index (χ0n) is 18.9. The van der Waals surface area contributed by atoms with Gasteiger partial charge >= 0.3 is 0 Å². The topological polar surface area (TPSA) is 78.2 Å². The molecule has 3 aromatic rings. The monoisotopic (exact) mass is 422 g/mol. The van der Waals surface area contributed by atoms with E-state index in [2.05, 4.69) is 36.8 Å². The minimum Gasteiger partial charge on any atom is -0.477 e. The number of aryl methyl sites for hydroxylation is 3. The Kier molecular flexibility index (Phi) is 4.84. The smallest absolute Gasteiger partial charge is 0.230 e. The highest BCUT2D eigenvalue weighted by Gasteiger charge is 2.46. The molecule has 0 radical (unpaired) electrons. The van der Waals surface area contributed by atoms with Crippen LogP contribution in [-0.2, 0) is 11.8 Å². The first-order valence-corrected chi connectivity index (χ1v) is 10.9. The molecule has 8 nitrogen and oxygen atoms in total. The van der Waals surface area contributed by atoms with Crippen molar-refractivity contribution in [1.82, 2.24) is 24.7 Å². The second-order valence-corrected chi connectivity index (χ2v) is 9.54. The number of ether oxygens (including phenoxy) is 2. The van der Waals surface area contributed by atoms with Crippen molar-refractivity contribution in [3.63, 3.8) is 0 Å². The van der Waals surface area contributed by atoms with Crippen LogP contribution < -0.4 is 9.64 Å². The summed E-state index contributed by atoms with van der Waals surface area (Å²) in [6.45, 7) is 11.3. The Hall–Kier alpha value is -2.74. The minimum absolute atomic E-state index is 0.0638. The van der Waals surface area contributed by atoms with Crippen LogP contribution in [0.5, 0.6) is 5.88 Å². The summed E-state index contributed by atoms with van der Waals surface area (Å²) in [5.74, 6) is 1.84. The van der Waals surface area contributed by atoms with E-state index >= 15 is 0 Å². The van der Waals surface area contributed by atoms with Gasteiger partial charge in [-0.3, -0.25) is 4.68 Å². The highest BCUT2D eigenvalue weighted by atomic mass is 16.5. The van der Waals surface area contributed by atoms with E-state index in [1.165, 1.54) is 6.42 Å². The van der Waals surface area contributed by atoms with Crippen LogP contribution in [0.1, 0.15) is 43.2 Å². The zero-order valence-corrected chi connectivity index (χ0v) is 18.9. The SMILES string of the molecule is Cc1cc2c(OC[C@H]3CC3(C)C)nc(N3CCO[C@H](c4cnn(C)c4)C3)nc2nc1C. The van der Waals surface area contributed by atoms with E-state index in [0.717, 1.165) is 28.8 Å². The molecule has 8 heteroatoms. The summed E-state index contributed by atoms with van der Waals surface area (Å²) in [6.07, 6.45) is 4.98. The Morgan fingerprint density at radius 2 is 2.03 bits per heavy atom. The molecule has 164 valence electrons. The van der Waals surface area contributed by atoms with Crippen molar-refractivity contribution < 1.29 is 9.47 Å². The number of anilines is 1. The zero-order chi connectivity index (χ0) is 21.8. The third kappa shape index (κ3) is 3.96. The van der Waals surface area contributed by atoms with Crippen molar-refractivity contribution in [2.75, 3.05) is 31.2 Å². The highest BCUT2D eigenvalue weighted by molar-refractivity contribution is 5.82. The van der Waals surface area contributed by atoms with Crippen LogP contribution in [0.3, 0.4) is 0 Å². The number of aromatic nitrogens is 5. The average Bonchev–Trinajstić information content (AvgIpc) is 3.13. The number of rotatable bonds is 5. The standard InChI is InChI=1S/C23H30N6O2/c1-14-8-18-20(25-15(14)2)26-22(27-21(18)31-13-17-9-23(17,3)4)29-6-7-30-19(12-29)16-10-24-28(5)11-16/h8,10-11,17,19H,6-7,9,12-13H2,1-5H3/t17-,19+/m1/s1. The number of hydrogen-bond acceptors (Lipinski definition) is 7. The van der Waals surface area contributed by atoms with E-state index in [9.17, 15) is 0 Å². The van der Waals surface area contributed by atoms with Crippen LogP contribution in [0.4, 0.5) is 5.95 Å². The molecule has 5 rings (SSSR count). The molecule has 1 aliphatic carbocycles. The van der Waals surface area contributed by atoms with E-state index in [1.807, 2.05) is 26.4 Å². The molecule has 4 heterocycles. The number of morpholine rings is 1. The van der Waals surface area contributed by atoms with Gasteiger partial charge in [0.2, 0.25) is 11.8 Å². The number of nitrogens with zero attached hydrogens (tertiary/aromatic N) is 6. The Morgan fingerprint density at radius 1 is 1.23 bits per heavy atom. The Bertz CT molecular complexity index is 1120. The lowest BCUT2D eigenvalue weighted by Gasteiger charge is -2.32. The van der Waals surface area contributed by atoms with Gasteiger partial charge in [0.1, 0.15) is 6.10 Å². The molecule has 1 aliphatic heterocycles. The van der Waals surface area contributed by atoms with Gasteiger partial charge in [-0.25, -0.2) is 4.98 Å². The maximum absolute atomic E-state index is 6.26. The van der Waals surface area contributed by atoms with Crippen LogP contribution in [0, 0.1) is 25.2 Å². The van der Waals surface area contributed by atoms with Crippen LogP contribution in [-0.4, -0.2) is 51.0 Å². The molecule has 0 amide bonds. The summed E-state index contributed by atoms with van der Waals surface area (Å²) >= 11 is 0. The fourth-order valence-electron chi connectivity index (χ4n) is 4.14. The van der Waals surface area contributed by atoms with Gasteiger partial charge in [-0.05, 0) is 43.2 Å². The first-order valence-electron chi connectivity index (χ1n) is 10.9. The van der Waals surface area contributed by atoms with E-state index in [4.69, 9.17) is 24.4 Å². The van der Waals surface area contributed by atoms with Gasteiger partial charge in [0, 0.05) is 31.0 Å². The Morgan fingerprint density at radius 3 is 2.74 bits per heavy atom. The summed E-state index contributed by atoms with van der Waals surface area (Å²) in [7, 11) is 1.91. The summed E-state index contributed by atoms with van der Waals surface area (Å²) < 4.78 is 14.0. The molecule has 0 unspecified atom stereocenters. The molecule has 3 aromatic heterocycles. The van der Waals surface area contributed by atoms with Crippen molar-refractivity contribution in [2.24, 2.45) is 18.4 Å². The fraction of sp³-hybridized carbons (Fsp3) is 0.565. The van der Waals surface area contributed by atoms with Gasteiger partial charge < -0.3 is 14.4 Å². The number of fused-ring (bicyclic) bond motifs is 1. The fourth-order valence-corrected chi connectivity index (χ4v) is 4.14. The van der Waals surface area contributed by atoms with Gasteiger partial charge in [0.05, 0.1) is 31.3 Å². The van der Waals surface area contributed by atoms with E-state index in [1.54, 1.807) is 4.68 Å². The molecule has 2 fully saturated rings. The average molecular weight is 423 g/mol. The Balaban J connectivity index is 1.46. The van der Waals surface area contributed by atoms with E-state index < -0.39 is 0 Å². The van der Waals surface area contributed by atoms with Crippen LogP contribution in [0.2, 0.25) is 0 Å². The lowest BCUT2D eigenvalue weighted by molar-refractivity contribution is 0.0391. The maximum atomic E-state index is 6.26. The Labute approximate surface area is 182 Å². The molecule has 1 saturated carbocycles. The predicted octanol–water partition coefficient (Wildman–Crippen LogP) is 3.38. The third-order valence-corrected chi connectivity index (χ3v) is 6.67. The third-order valence-electron chi connectivity index (χ3n) is 6.67. The molecule has 0 aromatic carbocycles. The number of hydrogen-bond donors (Lipinski definition) is 0. The molecule has 2 aliphatic rings. The normalized spacial score (nSPS) is 22.7. The van der Waals surface area contributed by atoms with Gasteiger partial charge in [0.25, 0.3) is 0 Å². The molecule has 0 N–H and O–H groups in total. The van der Waals surface area contributed by atoms with Gasteiger partial charge in [-0.15, -0.1) is 0 Å². The molecule has 1 saturated heterocycles. The van der Waals surface area contributed by atoms with Crippen molar-refractivity contribution in [3.8, 4) is 5.88 Å². The first kappa shape index (κ1) is 20.2. The summed E-state index contributed by atoms with van der Waals surface area (Å²) in [5, 5.41) is 5.16. The van der Waals surface area contributed by atoms with Crippen LogP contribution in [0.25, 0.3) is 11.0 Å². The second kappa shape index (κ2) is 7.44.